The molecule has 1 N–H and O–H groups in total. The zero-order valence-corrected chi connectivity index (χ0v) is 16.8. The topological polar surface area (TPSA) is 84.0 Å². The smallest absolute Gasteiger partial charge is 0.317 e. The second-order valence-corrected chi connectivity index (χ2v) is 7.58. The Balaban J connectivity index is 1.65. The molecule has 2 saturated heterocycles. The predicted molar refractivity (Wildman–Crippen MR) is 104 cm³/mol. The molecule has 3 heterocycles. The molecule has 0 radical (unpaired) electrons. The summed E-state index contributed by atoms with van der Waals surface area (Å²) in [5.41, 5.74) is 1.02. The van der Waals surface area contributed by atoms with Gasteiger partial charge in [0.05, 0.1) is 19.3 Å². The molecular weight excluding hydrogens is 360 g/mol. The number of hydrogen-bond acceptors (Lipinski definition) is 5. The van der Waals surface area contributed by atoms with Crippen molar-refractivity contribution in [2.45, 2.75) is 50.9 Å². The number of hydrogen-bond donors (Lipinski definition) is 1. The Bertz CT molecular complexity index is 661. The molecule has 3 amide bonds. The van der Waals surface area contributed by atoms with Crippen LogP contribution in [0, 0.1) is 0 Å². The number of rotatable bonds is 7. The molecule has 8 heteroatoms. The molecule has 1 aromatic heterocycles. The highest BCUT2D eigenvalue weighted by atomic mass is 16.5. The van der Waals surface area contributed by atoms with E-state index in [1.54, 1.807) is 19.5 Å². The molecule has 0 bridgehead atoms. The van der Waals surface area contributed by atoms with Gasteiger partial charge in [-0.1, -0.05) is 0 Å². The Hall–Kier alpha value is -2.19. The number of aromatic nitrogens is 1. The van der Waals surface area contributed by atoms with Gasteiger partial charge in [-0.05, 0) is 44.4 Å². The van der Waals surface area contributed by atoms with E-state index in [1.807, 2.05) is 35.8 Å². The average molecular weight is 390 g/mol. The molecule has 2 aliphatic heterocycles. The van der Waals surface area contributed by atoms with E-state index < -0.39 is 6.10 Å². The lowest BCUT2D eigenvalue weighted by Crippen LogP contribution is -2.65. The molecule has 0 spiro atoms. The number of amides is 3. The van der Waals surface area contributed by atoms with Gasteiger partial charge in [0.15, 0.2) is 6.10 Å². The molecule has 2 atom stereocenters. The highest BCUT2D eigenvalue weighted by molar-refractivity contribution is 5.89. The minimum atomic E-state index is -0.486. The second-order valence-electron chi connectivity index (χ2n) is 7.58. The van der Waals surface area contributed by atoms with Crippen molar-refractivity contribution in [3.8, 4) is 0 Å². The number of pyridine rings is 1. The maximum atomic E-state index is 12.9. The zero-order valence-electron chi connectivity index (χ0n) is 16.8. The van der Waals surface area contributed by atoms with E-state index in [0.29, 0.717) is 26.3 Å². The first-order valence-corrected chi connectivity index (χ1v) is 9.91. The van der Waals surface area contributed by atoms with Crippen molar-refractivity contribution in [3.63, 3.8) is 0 Å². The molecule has 1 aromatic rings. The molecule has 28 heavy (non-hydrogen) atoms. The van der Waals surface area contributed by atoms with Crippen LogP contribution in [0.3, 0.4) is 0 Å². The van der Waals surface area contributed by atoms with Gasteiger partial charge in [0.2, 0.25) is 0 Å². The number of urea groups is 1. The predicted octanol–water partition coefficient (Wildman–Crippen LogP) is 1.58. The van der Waals surface area contributed by atoms with E-state index >= 15 is 0 Å². The summed E-state index contributed by atoms with van der Waals surface area (Å²) < 4.78 is 10.8. The van der Waals surface area contributed by atoms with Crippen molar-refractivity contribution in [2.24, 2.45) is 0 Å². The van der Waals surface area contributed by atoms with Gasteiger partial charge >= 0.3 is 6.03 Å². The lowest BCUT2D eigenvalue weighted by Gasteiger charge is -2.52. The Labute approximate surface area is 166 Å². The van der Waals surface area contributed by atoms with Crippen LogP contribution in [-0.2, 0) is 14.3 Å². The highest BCUT2D eigenvalue weighted by Gasteiger charge is 2.52. The lowest BCUT2D eigenvalue weighted by molar-refractivity contribution is -0.183. The van der Waals surface area contributed by atoms with Gasteiger partial charge in [0.1, 0.15) is 0 Å². The first-order valence-electron chi connectivity index (χ1n) is 9.91. The van der Waals surface area contributed by atoms with Gasteiger partial charge in [-0.2, -0.15) is 0 Å². The summed E-state index contributed by atoms with van der Waals surface area (Å²) in [5.74, 6) is 0.0167. The third-order valence-electron chi connectivity index (χ3n) is 5.27. The second kappa shape index (κ2) is 9.34. The number of nitrogens with one attached hydrogen (secondary N) is 1. The van der Waals surface area contributed by atoms with Crippen molar-refractivity contribution in [2.75, 3.05) is 33.4 Å². The van der Waals surface area contributed by atoms with Crippen LogP contribution in [0.1, 0.15) is 38.3 Å². The number of nitrogens with zero attached hydrogens (tertiary/aromatic N) is 3. The van der Waals surface area contributed by atoms with Crippen molar-refractivity contribution in [3.05, 3.63) is 30.1 Å². The number of likely N-dealkylation sites (tertiary alicyclic amines) is 2. The SMILES string of the molecule is COCCOC1C(=O)N(C2CCN(C(=O)NC(C)C)CC2)C1c1ccncc1. The van der Waals surface area contributed by atoms with E-state index in [-0.39, 0.29) is 30.1 Å². The lowest BCUT2D eigenvalue weighted by atomic mass is 9.86. The minimum absolute atomic E-state index is 0.0167. The fraction of sp³-hybridized carbons (Fsp3) is 0.650. The summed E-state index contributed by atoms with van der Waals surface area (Å²) >= 11 is 0. The zero-order chi connectivity index (χ0) is 20.1. The van der Waals surface area contributed by atoms with Crippen LogP contribution < -0.4 is 5.32 Å². The summed E-state index contributed by atoms with van der Waals surface area (Å²) in [4.78, 5) is 32.9. The Morgan fingerprint density at radius 2 is 1.93 bits per heavy atom. The van der Waals surface area contributed by atoms with Gasteiger partial charge in [-0.3, -0.25) is 9.78 Å². The van der Waals surface area contributed by atoms with Gasteiger partial charge in [0.25, 0.3) is 5.91 Å². The molecule has 8 nitrogen and oxygen atoms in total. The fourth-order valence-electron chi connectivity index (χ4n) is 3.89. The van der Waals surface area contributed by atoms with Crippen LogP contribution in [0.5, 0.6) is 0 Å². The van der Waals surface area contributed by atoms with Crippen LogP contribution in [-0.4, -0.2) is 78.3 Å². The number of ether oxygens (including phenoxy) is 2. The number of piperidine rings is 1. The Morgan fingerprint density at radius 1 is 1.25 bits per heavy atom. The molecule has 0 saturated carbocycles. The Morgan fingerprint density at radius 3 is 2.54 bits per heavy atom. The molecule has 154 valence electrons. The van der Waals surface area contributed by atoms with Crippen molar-refractivity contribution < 1.29 is 19.1 Å². The summed E-state index contributed by atoms with van der Waals surface area (Å²) in [6.07, 6.45) is 4.52. The summed E-state index contributed by atoms with van der Waals surface area (Å²) in [5, 5.41) is 2.93. The van der Waals surface area contributed by atoms with Gasteiger partial charge in [-0.15, -0.1) is 0 Å². The Kier molecular flexibility index (Phi) is 6.85. The molecule has 3 rings (SSSR count). The number of methoxy groups -OCH3 is 1. The van der Waals surface area contributed by atoms with E-state index in [1.165, 1.54) is 0 Å². The molecule has 2 aliphatic rings. The standard InChI is InChI=1S/C20H30N4O4/c1-14(2)22-20(26)23-10-6-16(7-11-23)24-17(15-4-8-21-9-5-15)18(19(24)25)28-13-12-27-3/h4-5,8-9,14,16-18H,6-7,10-13H2,1-3H3,(H,22,26). The first-order chi connectivity index (χ1) is 13.5. The third kappa shape index (κ3) is 4.44. The average Bonchev–Trinajstić information content (AvgIpc) is 2.69. The molecule has 0 aromatic carbocycles. The molecule has 2 fully saturated rings. The van der Waals surface area contributed by atoms with Crippen molar-refractivity contribution in [1.82, 2.24) is 20.1 Å². The van der Waals surface area contributed by atoms with Crippen LogP contribution in [0.4, 0.5) is 4.79 Å². The third-order valence-corrected chi connectivity index (χ3v) is 5.27. The van der Waals surface area contributed by atoms with E-state index in [9.17, 15) is 9.59 Å². The van der Waals surface area contributed by atoms with Crippen molar-refractivity contribution in [1.29, 1.82) is 0 Å². The van der Waals surface area contributed by atoms with Crippen molar-refractivity contribution >= 4 is 11.9 Å². The fourth-order valence-corrected chi connectivity index (χ4v) is 3.89. The summed E-state index contributed by atoms with van der Waals surface area (Å²) in [6.45, 7) is 6.03. The van der Waals surface area contributed by atoms with Gasteiger partial charge in [-0.25, -0.2) is 4.79 Å². The quantitative estimate of drug-likeness (QED) is 0.564. The first kappa shape index (κ1) is 20.5. The van der Waals surface area contributed by atoms with Gasteiger partial charge in [0, 0.05) is 44.7 Å². The van der Waals surface area contributed by atoms with Crippen LogP contribution in [0.2, 0.25) is 0 Å². The van der Waals surface area contributed by atoms with Crippen LogP contribution in [0.25, 0.3) is 0 Å². The van der Waals surface area contributed by atoms with Crippen LogP contribution >= 0.6 is 0 Å². The number of carbonyl (C=O) groups excluding carboxylic acids is 2. The van der Waals surface area contributed by atoms with E-state index in [4.69, 9.17) is 9.47 Å². The number of β-lactam (4-membered cyclic amide) rings is 1. The number of carbonyl (C=O) groups is 2. The van der Waals surface area contributed by atoms with Gasteiger partial charge < -0.3 is 24.6 Å². The maximum absolute atomic E-state index is 12.9. The molecule has 2 unspecified atom stereocenters. The minimum Gasteiger partial charge on any atom is -0.382 e. The normalized spacial score (nSPS) is 23.1. The summed E-state index contributed by atoms with van der Waals surface area (Å²) in [7, 11) is 1.61. The van der Waals surface area contributed by atoms with E-state index in [0.717, 1.165) is 18.4 Å². The summed E-state index contributed by atoms with van der Waals surface area (Å²) in [6, 6.07) is 3.94. The maximum Gasteiger partial charge on any atom is 0.317 e. The van der Waals surface area contributed by atoms with Crippen LogP contribution in [0.15, 0.2) is 24.5 Å². The van der Waals surface area contributed by atoms with E-state index in [2.05, 4.69) is 10.3 Å². The molecular formula is C20H30N4O4. The largest absolute Gasteiger partial charge is 0.382 e. The molecule has 0 aliphatic carbocycles. The highest BCUT2D eigenvalue weighted by Crippen LogP contribution is 2.40. The monoisotopic (exact) mass is 390 g/mol.